The fraction of sp³-hybridized carbons (Fsp3) is 0.308. The van der Waals surface area contributed by atoms with Crippen LogP contribution in [0.2, 0.25) is 5.02 Å². The van der Waals surface area contributed by atoms with Gasteiger partial charge in [0.15, 0.2) is 0 Å². The molecule has 1 N–H and O–H groups in total. The molecular formula is C13H13ClO3. The molecule has 1 aromatic carbocycles. The Bertz CT molecular complexity index is 454. The summed E-state index contributed by atoms with van der Waals surface area (Å²) in [6.07, 6.45) is 6.99. The van der Waals surface area contributed by atoms with Crippen molar-refractivity contribution in [2.24, 2.45) is 0 Å². The molecule has 0 saturated carbocycles. The molecule has 0 amide bonds. The van der Waals surface area contributed by atoms with E-state index in [-0.39, 0.29) is 11.7 Å². The number of carboxylic acids is 1. The van der Waals surface area contributed by atoms with Gasteiger partial charge in [-0.25, -0.2) is 4.79 Å². The maximum absolute atomic E-state index is 11.0. The minimum Gasteiger partial charge on any atom is -0.485 e. The van der Waals surface area contributed by atoms with E-state index in [4.69, 9.17) is 21.4 Å². The molecule has 0 aliphatic heterocycles. The Morgan fingerprint density at radius 2 is 2.29 bits per heavy atom. The van der Waals surface area contributed by atoms with Crippen molar-refractivity contribution in [3.05, 3.63) is 40.9 Å². The van der Waals surface area contributed by atoms with Crippen molar-refractivity contribution in [2.75, 3.05) is 0 Å². The van der Waals surface area contributed by atoms with Crippen molar-refractivity contribution in [3.8, 4) is 5.75 Å². The molecule has 1 unspecified atom stereocenters. The SMILES string of the molecule is O=C(O)c1ccc(Cl)cc1OC1C=CCCC1. The average Bonchev–Trinajstić information content (AvgIpc) is 2.30. The van der Waals surface area contributed by atoms with Gasteiger partial charge >= 0.3 is 5.97 Å². The van der Waals surface area contributed by atoms with Crippen LogP contribution in [0.1, 0.15) is 29.6 Å². The molecule has 1 aliphatic carbocycles. The van der Waals surface area contributed by atoms with Gasteiger partial charge in [0.1, 0.15) is 17.4 Å². The van der Waals surface area contributed by atoms with E-state index in [2.05, 4.69) is 6.08 Å². The van der Waals surface area contributed by atoms with Gasteiger partial charge in [-0.2, -0.15) is 0 Å². The topological polar surface area (TPSA) is 46.5 Å². The first-order valence-corrected chi connectivity index (χ1v) is 5.91. The number of hydrogen-bond donors (Lipinski definition) is 1. The first-order valence-electron chi connectivity index (χ1n) is 5.53. The summed E-state index contributed by atoms with van der Waals surface area (Å²) in [6, 6.07) is 4.56. The molecule has 4 heteroatoms. The first kappa shape index (κ1) is 12.0. The zero-order valence-electron chi connectivity index (χ0n) is 9.23. The summed E-state index contributed by atoms with van der Waals surface area (Å²) in [5.41, 5.74) is 0.147. The molecule has 0 radical (unpaired) electrons. The van der Waals surface area contributed by atoms with Gasteiger partial charge in [-0.1, -0.05) is 17.7 Å². The zero-order chi connectivity index (χ0) is 12.3. The fourth-order valence-corrected chi connectivity index (χ4v) is 1.97. The molecule has 1 aliphatic rings. The molecule has 0 aromatic heterocycles. The van der Waals surface area contributed by atoms with Crippen molar-refractivity contribution in [1.82, 2.24) is 0 Å². The highest BCUT2D eigenvalue weighted by atomic mass is 35.5. The van der Waals surface area contributed by atoms with Crippen LogP contribution in [0.3, 0.4) is 0 Å². The van der Waals surface area contributed by atoms with Crippen molar-refractivity contribution < 1.29 is 14.6 Å². The van der Waals surface area contributed by atoms with E-state index < -0.39 is 5.97 Å². The number of halogens is 1. The van der Waals surface area contributed by atoms with Crippen LogP contribution < -0.4 is 4.74 Å². The van der Waals surface area contributed by atoms with Gasteiger partial charge in [-0.05, 0) is 43.5 Å². The van der Waals surface area contributed by atoms with Crippen LogP contribution >= 0.6 is 11.6 Å². The molecule has 2 rings (SSSR count). The number of aromatic carboxylic acids is 1. The lowest BCUT2D eigenvalue weighted by atomic mass is 10.1. The average molecular weight is 253 g/mol. The number of rotatable bonds is 3. The van der Waals surface area contributed by atoms with Crippen molar-refractivity contribution >= 4 is 17.6 Å². The molecule has 0 bridgehead atoms. The summed E-state index contributed by atoms with van der Waals surface area (Å²) in [5.74, 6) is -0.669. The van der Waals surface area contributed by atoms with Gasteiger partial charge in [-0.3, -0.25) is 0 Å². The van der Waals surface area contributed by atoms with E-state index in [0.29, 0.717) is 10.8 Å². The number of ether oxygens (including phenoxy) is 1. The second-order valence-corrected chi connectivity index (χ2v) is 4.40. The Kier molecular flexibility index (Phi) is 3.69. The Labute approximate surface area is 105 Å². The standard InChI is InChI=1S/C13H13ClO3/c14-9-6-7-11(13(15)16)12(8-9)17-10-4-2-1-3-5-10/h2,4,6-8,10H,1,3,5H2,(H,15,16). The number of carbonyl (C=O) groups is 1. The minimum atomic E-state index is -1.00. The van der Waals surface area contributed by atoms with Crippen LogP contribution in [0, 0.1) is 0 Å². The first-order chi connectivity index (χ1) is 8.16. The summed E-state index contributed by atoms with van der Waals surface area (Å²) in [6.45, 7) is 0. The molecule has 17 heavy (non-hydrogen) atoms. The van der Waals surface area contributed by atoms with Crippen LogP contribution in [0.25, 0.3) is 0 Å². The Morgan fingerprint density at radius 1 is 1.47 bits per heavy atom. The van der Waals surface area contributed by atoms with Crippen LogP contribution in [0.5, 0.6) is 5.75 Å². The molecular weight excluding hydrogens is 240 g/mol. The maximum Gasteiger partial charge on any atom is 0.339 e. The summed E-state index contributed by atoms with van der Waals surface area (Å²) in [4.78, 5) is 11.0. The van der Waals surface area contributed by atoms with Gasteiger partial charge in [0.2, 0.25) is 0 Å². The maximum atomic E-state index is 11.0. The lowest BCUT2D eigenvalue weighted by Crippen LogP contribution is -2.17. The molecule has 0 heterocycles. The van der Waals surface area contributed by atoms with Crippen LogP contribution in [-0.4, -0.2) is 17.2 Å². The van der Waals surface area contributed by atoms with Crippen LogP contribution in [0.15, 0.2) is 30.4 Å². The zero-order valence-corrected chi connectivity index (χ0v) is 9.98. The highest BCUT2D eigenvalue weighted by Crippen LogP contribution is 2.26. The number of benzene rings is 1. The van der Waals surface area contributed by atoms with Gasteiger partial charge in [-0.15, -0.1) is 0 Å². The smallest absolute Gasteiger partial charge is 0.339 e. The van der Waals surface area contributed by atoms with Gasteiger partial charge in [0, 0.05) is 5.02 Å². The lowest BCUT2D eigenvalue weighted by molar-refractivity contribution is 0.0690. The summed E-state index contributed by atoms with van der Waals surface area (Å²) < 4.78 is 5.68. The Balaban J connectivity index is 2.23. The highest BCUT2D eigenvalue weighted by molar-refractivity contribution is 6.30. The second-order valence-electron chi connectivity index (χ2n) is 3.96. The molecule has 3 nitrogen and oxygen atoms in total. The van der Waals surface area contributed by atoms with Gasteiger partial charge in [0.05, 0.1) is 0 Å². The van der Waals surface area contributed by atoms with Crippen LogP contribution in [0.4, 0.5) is 0 Å². The van der Waals surface area contributed by atoms with Gasteiger partial charge < -0.3 is 9.84 Å². The molecule has 0 spiro atoms. The third-order valence-corrected chi connectivity index (χ3v) is 2.90. The highest BCUT2D eigenvalue weighted by Gasteiger charge is 2.16. The number of hydrogen-bond acceptors (Lipinski definition) is 2. The monoisotopic (exact) mass is 252 g/mol. The summed E-state index contributed by atoms with van der Waals surface area (Å²) in [7, 11) is 0. The Hall–Kier alpha value is -1.48. The third-order valence-electron chi connectivity index (χ3n) is 2.66. The summed E-state index contributed by atoms with van der Waals surface area (Å²) >= 11 is 5.85. The predicted molar refractivity (Wildman–Crippen MR) is 65.8 cm³/mol. The largest absolute Gasteiger partial charge is 0.485 e. The van der Waals surface area contributed by atoms with E-state index in [1.807, 2.05) is 6.08 Å². The van der Waals surface area contributed by atoms with E-state index >= 15 is 0 Å². The quantitative estimate of drug-likeness (QED) is 0.837. The third kappa shape index (κ3) is 3.01. The Morgan fingerprint density at radius 3 is 2.94 bits per heavy atom. The van der Waals surface area contributed by atoms with Crippen LogP contribution in [-0.2, 0) is 0 Å². The van der Waals surface area contributed by atoms with E-state index in [1.54, 1.807) is 12.1 Å². The van der Waals surface area contributed by atoms with E-state index in [9.17, 15) is 4.79 Å². The minimum absolute atomic E-state index is 0.0553. The number of carboxylic acid groups (broad SMARTS) is 1. The van der Waals surface area contributed by atoms with Gasteiger partial charge in [0.25, 0.3) is 0 Å². The molecule has 0 fully saturated rings. The number of allylic oxidation sites excluding steroid dienone is 1. The predicted octanol–water partition coefficient (Wildman–Crippen LogP) is 3.53. The summed E-state index contributed by atoms with van der Waals surface area (Å²) in [5, 5.41) is 9.52. The van der Waals surface area contributed by atoms with Crippen molar-refractivity contribution in [2.45, 2.75) is 25.4 Å². The molecule has 1 atom stereocenters. The fourth-order valence-electron chi connectivity index (χ4n) is 1.81. The van der Waals surface area contributed by atoms with Crippen molar-refractivity contribution in [1.29, 1.82) is 0 Å². The van der Waals surface area contributed by atoms with Crippen molar-refractivity contribution in [3.63, 3.8) is 0 Å². The normalized spacial score (nSPS) is 19.0. The molecule has 90 valence electrons. The van der Waals surface area contributed by atoms with E-state index in [1.165, 1.54) is 6.07 Å². The molecule has 1 aromatic rings. The van der Waals surface area contributed by atoms with E-state index in [0.717, 1.165) is 19.3 Å². The lowest BCUT2D eigenvalue weighted by Gasteiger charge is -2.19. The molecule has 0 saturated heterocycles. The second kappa shape index (κ2) is 5.23.